The van der Waals surface area contributed by atoms with Crippen molar-refractivity contribution in [1.29, 1.82) is 0 Å². The van der Waals surface area contributed by atoms with Gasteiger partial charge in [-0.1, -0.05) is 86.0 Å². The number of para-hydroxylation sites is 1. The highest BCUT2D eigenvalue weighted by molar-refractivity contribution is 5.95. The van der Waals surface area contributed by atoms with E-state index in [2.05, 4.69) is 23.5 Å². The Morgan fingerprint density at radius 3 is 2.32 bits per heavy atom. The molecule has 38 heavy (non-hydrogen) atoms. The van der Waals surface area contributed by atoms with Crippen LogP contribution in [0.15, 0.2) is 91.0 Å². The number of nitrogens with one attached hydrogen (secondary N) is 2. The van der Waals surface area contributed by atoms with Crippen LogP contribution in [0.2, 0.25) is 0 Å². The summed E-state index contributed by atoms with van der Waals surface area (Å²) in [5, 5.41) is 6.50. The molecule has 4 aromatic carbocycles. The van der Waals surface area contributed by atoms with Crippen LogP contribution in [0.25, 0.3) is 11.1 Å². The van der Waals surface area contributed by atoms with Crippen LogP contribution in [0.3, 0.4) is 0 Å². The van der Waals surface area contributed by atoms with E-state index in [4.69, 9.17) is 6.42 Å². The predicted octanol–water partition coefficient (Wildman–Crippen LogP) is 8.17. The van der Waals surface area contributed by atoms with E-state index in [1.54, 1.807) is 12.1 Å². The summed E-state index contributed by atoms with van der Waals surface area (Å²) in [4.78, 5) is 13.2. The summed E-state index contributed by atoms with van der Waals surface area (Å²) in [6, 6.07) is 27.6. The summed E-state index contributed by atoms with van der Waals surface area (Å²) in [5.74, 6) is 2.22. The Morgan fingerprint density at radius 2 is 1.63 bits per heavy atom. The lowest BCUT2D eigenvalue weighted by atomic mass is 9.90. The number of hydrogen-bond donors (Lipinski definition) is 2. The summed E-state index contributed by atoms with van der Waals surface area (Å²) in [7, 11) is 0. The van der Waals surface area contributed by atoms with Crippen LogP contribution in [-0.4, -0.2) is 5.91 Å². The van der Waals surface area contributed by atoms with E-state index < -0.39 is 6.04 Å². The molecule has 4 heteroatoms. The van der Waals surface area contributed by atoms with Gasteiger partial charge in [-0.15, -0.1) is 6.42 Å². The van der Waals surface area contributed by atoms with Gasteiger partial charge in [0.25, 0.3) is 5.91 Å². The zero-order valence-corrected chi connectivity index (χ0v) is 22.1. The Labute approximate surface area is 225 Å². The second-order valence-electron chi connectivity index (χ2n) is 9.52. The SMILES string of the molecule is C#CC(Nc1ccccc1C)c1c(F)cccc1-c1ccc(C(=O)N[C@H](CCC)c2ccccc2)cc1C. The molecule has 2 N–H and O–H groups in total. The summed E-state index contributed by atoms with van der Waals surface area (Å²) in [6.45, 7) is 6.02. The van der Waals surface area contributed by atoms with E-state index >= 15 is 4.39 Å². The lowest BCUT2D eigenvalue weighted by Crippen LogP contribution is -2.28. The van der Waals surface area contributed by atoms with Gasteiger partial charge < -0.3 is 10.6 Å². The molecule has 3 nitrogen and oxygen atoms in total. The van der Waals surface area contributed by atoms with Crippen LogP contribution in [0, 0.1) is 32.0 Å². The lowest BCUT2D eigenvalue weighted by Gasteiger charge is -2.22. The standard InChI is InChI=1S/C34H33FN2O/c1-5-13-32(25-15-8-7-9-16-25)37-34(38)26-20-21-27(24(4)22-26)28-17-12-18-29(35)33(28)30(6-2)36-31-19-11-10-14-23(31)3/h2,7-12,14-22,30,32,36H,5,13H2,1,3-4H3,(H,37,38)/t30?,32-/m1/s1. The van der Waals surface area contributed by atoms with Crippen molar-refractivity contribution in [2.45, 2.75) is 45.7 Å². The van der Waals surface area contributed by atoms with Crippen LogP contribution >= 0.6 is 0 Å². The molecule has 0 radical (unpaired) electrons. The molecule has 0 saturated carbocycles. The fourth-order valence-corrected chi connectivity index (χ4v) is 4.80. The molecular weight excluding hydrogens is 471 g/mol. The zero-order chi connectivity index (χ0) is 27.1. The van der Waals surface area contributed by atoms with Crippen molar-refractivity contribution in [3.63, 3.8) is 0 Å². The average Bonchev–Trinajstić information content (AvgIpc) is 2.93. The monoisotopic (exact) mass is 504 g/mol. The van der Waals surface area contributed by atoms with Crippen molar-refractivity contribution in [2.24, 2.45) is 0 Å². The minimum atomic E-state index is -0.671. The highest BCUT2D eigenvalue weighted by atomic mass is 19.1. The van der Waals surface area contributed by atoms with Crippen LogP contribution in [0.4, 0.5) is 10.1 Å². The summed E-state index contributed by atoms with van der Waals surface area (Å²) in [5.41, 5.74) is 6.33. The first-order valence-corrected chi connectivity index (χ1v) is 13.0. The van der Waals surface area contributed by atoms with Gasteiger partial charge in [0.15, 0.2) is 0 Å². The number of anilines is 1. The number of amides is 1. The van der Waals surface area contributed by atoms with Crippen LogP contribution in [0.1, 0.15) is 64.5 Å². The van der Waals surface area contributed by atoms with Gasteiger partial charge in [-0.25, -0.2) is 4.39 Å². The first-order valence-electron chi connectivity index (χ1n) is 13.0. The highest BCUT2D eigenvalue weighted by Crippen LogP contribution is 2.35. The Hall–Kier alpha value is -4.36. The van der Waals surface area contributed by atoms with E-state index in [1.165, 1.54) is 6.07 Å². The Morgan fingerprint density at radius 1 is 0.895 bits per heavy atom. The van der Waals surface area contributed by atoms with Crippen LogP contribution in [-0.2, 0) is 0 Å². The van der Waals surface area contributed by atoms with Gasteiger partial charge in [0, 0.05) is 16.8 Å². The molecule has 1 amide bonds. The number of benzene rings is 4. The molecule has 0 heterocycles. The zero-order valence-electron chi connectivity index (χ0n) is 22.1. The molecule has 192 valence electrons. The van der Waals surface area contributed by atoms with E-state index in [9.17, 15) is 4.79 Å². The van der Waals surface area contributed by atoms with E-state index in [1.807, 2.05) is 86.6 Å². The van der Waals surface area contributed by atoms with Gasteiger partial charge in [-0.05, 0) is 72.4 Å². The van der Waals surface area contributed by atoms with Gasteiger partial charge in [-0.3, -0.25) is 4.79 Å². The van der Waals surface area contributed by atoms with Crippen LogP contribution in [0.5, 0.6) is 0 Å². The molecule has 1 unspecified atom stereocenters. The van der Waals surface area contributed by atoms with Gasteiger partial charge in [0.1, 0.15) is 11.9 Å². The van der Waals surface area contributed by atoms with Gasteiger partial charge in [-0.2, -0.15) is 0 Å². The number of aryl methyl sites for hydroxylation is 2. The second-order valence-corrected chi connectivity index (χ2v) is 9.52. The number of halogens is 1. The minimum absolute atomic E-state index is 0.0626. The molecule has 0 aliphatic carbocycles. The molecule has 0 spiro atoms. The van der Waals surface area contributed by atoms with Crippen molar-refractivity contribution in [3.8, 4) is 23.5 Å². The smallest absolute Gasteiger partial charge is 0.251 e. The number of carbonyl (C=O) groups excluding carboxylic acids is 1. The molecule has 0 aliphatic rings. The maximum absolute atomic E-state index is 15.3. The molecule has 0 aliphatic heterocycles. The third kappa shape index (κ3) is 5.95. The van der Waals surface area contributed by atoms with Crippen molar-refractivity contribution in [1.82, 2.24) is 5.32 Å². The van der Waals surface area contributed by atoms with E-state index in [0.717, 1.165) is 40.8 Å². The normalized spacial score (nSPS) is 12.3. The van der Waals surface area contributed by atoms with Gasteiger partial charge in [0.2, 0.25) is 0 Å². The predicted molar refractivity (Wildman–Crippen MR) is 155 cm³/mol. The maximum Gasteiger partial charge on any atom is 0.251 e. The quantitative estimate of drug-likeness (QED) is 0.226. The second kappa shape index (κ2) is 12.3. The summed E-state index contributed by atoms with van der Waals surface area (Å²) >= 11 is 0. The van der Waals surface area contributed by atoms with E-state index in [0.29, 0.717) is 16.7 Å². The van der Waals surface area contributed by atoms with E-state index in [-0.39, 0.29) is 17.8 Å². The molecule has 4 rings (SSSR count). The largest absolute Gasteiger partial charge is 0.368 e. The fraction of sp³-hybridized carbons (Fsp3) is 0.206. The van der Waals surface area contributed by atoms with Gasteiger partial charge >= 0.3 is 0 Å². The maximum atomic E-state index is 15.3. The average molecular weight is 505 g/mol. The summed E-state index contributed by atoms with van der Waals surface area (Å²) < 4.78 is 15.3. The number of terminal acetylenes is 1. The Kier molecular flexibility index (Phi) is 8.61. The lowest BCUT2D eigenvalue weighted by molar-refractivity contribution is 0.0934. The van der Waals surface area contributed by atoms with Crippen LogP contribution < -0.4 is 10.6 Å². The molecular formula is C34H33FN2O. The molecule has 0 fully saturated rings. The van der Waals surface area contributed by atoms with Crippen molar-refractivity contribution in [2.75, 3.05) is 5.32 Å². The number of carbonyl (C=O) groups is 1. The third-order valence-corrected chi connectivity index (χ3v) is 6.82. The first kappa shape index (κ1) is 26.7. The number of hydrogen-bond acceptors (Lipinski definition) is 2. The van der Waals surface area contributed by atoms with Gasteiger partial charge in [0.05, 0.1) is 6.04 Å². The molecule has 0 saturated heterocycles. The molecule has 0 bridgehead atoms. The topological polar surface area (TPSA) is 41.1 Å². The minimum Gasteiger partial charge on any atom is -0.368 e. The molecule has 0 aromatic heterocycles. The Balaban J connectivity index is 1.64. The molecule has 2 atom stereocenters. The summed E-state index contributed by atoms with van der Waals surface area (Å²) in [6.07, 6.45) is 7.71. The van der Waals surface area contributed by atoms with Crippen molar-refractivity contribution >= 4 is 11.6 Å². The fourth-order valence-electron chi connectivity index (χ4n) is 4.80. The molecule has 4 aromatic rings. The highest BCUT2D eigenvalue weighted by Gasteiger charge is 2.21. The third-order valence-electron chi connectivity index (χ3n) is 6.82. The van der Waals surface area contributed by atoms with Crippen molar-refractivity contribution in [3.05, 3.63) is 125 Å². The number of rotatable bonds is 9. The van der Waals surface area contributed by atoms with Crippen molar-refractivity contribution < 1.29 is 9.18 Å². The Bertz CT molecular complexity index is 1460. The first-order chi connectivity index (χ1) is 18.4.